The third-order valence-electron chi connectivity index (χ3n) is 3.98. The first-order valence-corrected chi connectivity index (χ1v) is 9.15. The maximum absolute atomic E-state index is 12.2. The quantitative estimate of drug-likeness (QED) is 0.537. The summed E-state index contributed by atoms with van der Waals surface area (Å²) in [6.45, 7) is 0.252. The highest BCUT2D eigenvalue weighted by Gasteiger charge is 2.15. The molecular weight excluding hydrogens is 392 g/mol. The van der Waals surface area contributed by atoms with Crippen molar-refractivity contribution in [2.24, 2.45) is 0 Å². The summed E-state index contributed by atoms with van der Waals surface area (Å²) in [5.41, 5.74) is 2.19. The predicted molar refractivity (Wildman–Crippen MR) is 113 cm³/mol. The molecule has 2 amide bonds. The fraction of sp³-hybridized carbons (Fsp3) is 0.0909. The maximum atomic E-state index is 12.2. The van der Waals surface area contributed by atoms with Crippen LogP contribution in [0.2, 0.25) is 5.02 Å². The van der Waals surface area contributed by atoms with Gasteiger partial charge in [0.2, 0.25) is 0 Å². The minimum atomic E-state index is -0.566. The van der Waals surface area contributed by atoms with Gasteiger partial charge in [0.1, 0.15) is 17.9 Å². The summed E-state index contributed by atoms with van der Waals surface area (Å²) < 4.78 is 10.6. The van der Waals surface area contributed by atoms with E-state index in [1.807, 2.05) is 30.3 Å². The number of carbonyl (C=O) groups excluding carboxylic acids is 2. The van der Waals surface area contributed by atoms with Gasteiger partial charge in [0.15, 0.2) is 0 Å². The average molecular weight is 411 g/mol. The molecule has 0 saturated carbocycles. The lowest BCUT2D eigenvalue weighted by molar-refractivity contribution is 0.0595. The summed E-state index contributed by atoms with van der Waals surface area (Å²) in [5, 5.41) is 6.03. The van der Waals surface area contributed by atoms with E-state index < -0.39 is 12.0 Å². The second kappa shape index (κ2) is 9.61. The van der Waals surface area contributed by atoms with Crippen molar-refractivity contribution in [3.8, 4) is 5.75 Å². The molecule has 7 heteroatoms. The van der Waals surface area contributed by atoms with Gasteiger partial charge in [-0.3, -0.25) is 0 Å². The van der Waals surface area contributed by atoms with Crippen molar-refractivity contribution in [3.05, 3.63) is 88.9 Å². The number of amides is 2. The van der Waals surface area contributed by atoms with Crippen LogP contribution in [0, 0.1) is 0 Å². The molecule has 0 spiro atoms. The summed E-state index contributed by atoms with van der Waals surface area (Å²) in [6.07, 6.45) is 0. The Balaban J connectivity index is 1.72. The number of urea groups is 1. The van der Waals surface area contributed by atoms with Gasteiger partial charge in [0.25, 0.3) is 0 Å². The summed E-state index contributed by atoms with van der Waals surface area (Å²) in [4.78, 5) is 24.3. The SMILES string of the molecule is COC(=O)c1cc(NC(=O)Nc2ccccc2)ccc1OCc1ccc(Cl)cc1. The Bertz CT molecular complexity index is 991. The average Bonchev–Trinajstić information content (AvgIpc) is 2.74. The van der Waals surface area contributed by atoms with Crippen LogP contribution >= 0.6 is 11.6 Å². The third-order valence-corrected chi connectivity index (χ3v) is 4.23. The van der Waals surface area contributed by atoms with Crippen molar-refractivity contribution in [2.45, 2.75) is 6.61 Å². The second-order valence-electron chi connectivity index (χ2n) is 6.06. The highest BCUT2D eigenvalue weighted by Crippen LogP contribution is 2.25. The molecule has 3 aromatic carbocycles. The van der Waals surface area contributed by atoms with E-state index in [2.05, 4.69) is 10.6 Å². The molecule has 0 bridgehead atoms. The molecule has 0 aliphatic heterocycles. The Hall–Kier alpha value is -3.51. The highest BCUT2D eigenvalue weighted by atomic mass is 35.5. The Kier molecular flexibility index (Phi) is 6.71. The number of benzene rings is 3. The zero-order chi connectivity index (χ0) is 20.6. The molecule has 0 aliphatic rings. The molecule has 0 aromatic heterocycles. The number of esters is 1. The number of hydrogen-bond acceptors (Lipinski definition) is 4. The minimum absolute atomic E-state index is 0.207. The number of nitrogens with one attached hydrogen (secondary N) is 2. The van der Waals surface area contributed by atoms with Gasteiger partial charge in [-0.1, -0.05) is 41.9 Å². The van der Waals surface area contributed by atoms with Crippen molar-refractivity contribution in [2.75, 3.05) is 17.7 Å². The summed E-state index contributed by atoms with van der Waals surface area (Å²) in [5.74, 6) is -0.218. The number of ether oxygens (including phenoxy) is 2. The van der Waals surface area contributed by atoms with Gasteiger partial charge >= 0.3 is 12.0 Å². The van der Waals surface area contributed by atoms with Crippen LogP contribution in [-0.4, -0.2) is 19.1 Å². The van der Waals surface area contributed by atoms with Gasteiger partial charge in [-0.2, -0.15) is 0 Å². The molecule has 0 heterocycles. The van der Waals surface area contributed by atoms with Crippen molar-refractivity contribution in [1.82, 2.24) is 0 Å². The highest BCUT2D eigenvalue weighted by molar-refractivity contribution is 6.30. The molecule has 0 fully saturated rings. The maximum Gasteiger partial charge on any atom is 0.341 e. The molecule has 3 rings (SSSR count). The van der Waals surface area contributed by atoms with Crippen molar-refractivity contribution in [1.29, 1.82) is 0 Å². The number of hydrogen-bond donors (Lipinski definition) is 2. The Morgan fingerprint density at radius 1 is 0.897 bits per heavy atom. The normalized spacial score (nSPS) is 10.1. The van der Waals surface area contributed by atoms with Crippen LogP contribution in [0.4, 0.5) is 16.2 Å². The monoisotopic (exact) mass is 410 g/mol. The fourth-order valence-electron chi connectivity index (χ4n) is 2.56. The fourth-order valence-corrected chi connectivity index (χ4v) is 2.69. The Morgan fingerprint density at radius 2 is 1.59 bits per heavy atom. The van der Waals surface area contributed by atoms with Gasteiger partial charge in [-0.25, -0.2) is 9.59 Å². The largest absolute Gasteiger partial charge is 0.488 e. The van der Waals surface area contributed by atoms with Gasteiger partial charge in [0.05, 0.1) is 7.11 Å². The summed E-state index contributed by atoms with van der Waals surface area (Å²) in [7, 11) is 1.29. The lowest BCUT2D eigenvalue weighted by Gasteiger charge is -2.13. The number of para-hydroxylation sites is 1. The number of carbonyl (C=O) groups is 2. The van der Waals surface area contributed by atoms with Crippen LogP contribution in [0.25, 0.3) is 0 Å². The van der Waals surface area contributed by atoms with Gasteiger partial charge in [-0.05, 0) is 48.0 Å². The van der Waals surface area contributed by atoms with E-state index in [-0.39, 0.29) is 12.2 Å². The summed E-state index contributed by atoms with van der Waals surface area (Å²) in [6, 6.07) is 20.6. The molecule has 2 N–H and O–H groups in total. The van der Waals surface area contributed by atoms with Crippen LogP contribution in [0.3, 0.4) is 0 Å². The molecule has 0 atom stereocenters. The predicted octanol–water partition coefficient (Wildman–Crippen LogP) is 5.35. The summed E-state index contributed by atoms with van der Waals surface area (Å²) >= 11 is 5.88. The number of rotatable bonds is 6. The molecule has 3 aromatic rings. The lowest BCUT2D eigenvalue weighted by atomic mass is 10.1. The molecule has 148 valence electrons. The second-order valence-corrected chi connectivity index (χ2v) is 6.50. The number of methoxy groups -OCH3 is 1. The zero-order valence-electron chi connectivity index (χ0n) is 15.6. The molecule has 0 radical (unpaired) electrons. The van der Waals surface area contributed by atoms with Crippen molar-refractivity contribution < 1.29 is 19.1 Å². The van der Waals surface area contributed by atoms with E-state index >= 15 is 0 Å². The van der Waals surface area contributed by atoms with E-state index in [4.69, 9.17) is 21.1 Å². The molecular formula is C22H19ClN2O4. The van der Waals surface area contributed by atoms with Gasteiger partial charge in [0, 0.05) is 16.4 Å². The van der Waals surface area contributed by atoms with E-state index in [9.17, 15) is 9.59 Å². The molecule has 0 unspecified atom stereocenters. The van der Waals surface area contributed by atoms with Crippen LogP contribution in [0.15, 0.2) is 72.8 Å². The molecule has 0 aliphatic carbocycles. The van der Waals surface area contributed by atoms with E-state index in [1.165, 1.54) is 13.2 Å². The topological polar surface area (TPSA) is 76.7 Å². The Morgan fingerprint density at radius 3 is 2.28 bits per heavy atom. The van der Waals surface area contributed by atoms with Crippen LogP contribution in [0.5, 0.6) is 5.75 Å². The third kappa shape index (κ3) is 5.73. The first kappa shape index (κ1) is 20.2. The van der Waals surface area contributed by atoms with Crippen molar-refractivity contribution in [3.63, 3.8) is 0 Å². The first-order chi connectivity index (χ1) is 14.0. The lowest BCUT2D eigenvalue weighted by Crippen LogP contribution is -2.19. The van der Waals surface area contributed by atoms with Crippen LogP contribution in [0.1, 0.15) is 15.9 Å². The van der Waals surface area contributed by atoms with Crippen LogP contribution < -0.4 is 15.4 Å². The molecule has 0 saturated heterocycles. The van der Waals surface area contributed by atoms with Gasteiger partial charge < -0.3 is 20.1 Å². The first-order valence-electron chi connectivity index (χ1n) is 8.78. The van der Waals surface area contributed by atoms with Crippen LogP contribution in [-0.2, 0) is 11.3 Å². The number of halogens is 1. The zero-order valence-corrected chi connectivity index (χ0v) is 16.4. The Labute approximate surface area is 173 Å². The van der Waals surface area contributed by atoms with E-state index in [0.29, 0.717) is 22.1 Å². The van der Waals surface area contributed by atoms with Gasteiger partial charge in [-0.15, -0.1) is 0 Å². The minimum Gasteiger partial charge on any atom is -0.488 e. The van der Waals surface area contributed by atoms with E-state index in [0.717, 1.165) is 5.56 Å². The number of anilines is 2. The molecule has 6 nitrogen and oxygen atoms in total. The van der Waals surface area contributed by atoms with Crippen molar-refractivity contribution >= 4 is 35.0 Å². The molecule has 29 heavy (non-hydrogen) atoms. The standard InChI is InChI=1S/C22H19ClN2O4/c1-28-21(26)19-13-18(25-22(27)24-17-5-3-2-4-6-17)11-12-20(19)29-14-15-7-9-16(23)10-8-15/h2-13H,14H2,1H3,(H2,24,25,27). The van der Waals surface area contributed by atoms with E-state index in [1.54, 1.807) is 36.4 Å². The smallest absolute Gasteiger partial charge is 0.341 e.